The number of carbonyl (C=O) groups is 2. The van der Waals surface area contributed by atoms with Crippen molar-refractivity contribution in [2.75, 3.05) is 25.4 Å². The summed E-state index contributed by atoms with van der Waals surface area (Å²) in [5, 5.41) is 20.8. The van der Waals surface area contributed by atoms with E-state index in [1.807, 2.05) is 25.7 Å². The van der Waals surface area contributed by atoms with Crippen LogP contribution in [0.4, 0.5) is 0 Å². The predicted molar refractivity (Wildman–Crippen MR) is 97.9 cm³/mol. The quantitative estimate of drug-likeness (QED) is 0.377. The van der Waals surface area contributed by atoms with E-state index < -0.39 is 32.8 Å². The van der Waals surface area contributed by atoms with Crippen LogP contribution in [-0.2, 0) is 14.3 Å². The van der Waals surface area contributed by atoms with E-state index in [0.29, 0.717) is 6.42 Å². The van der Waals surface area contributed by atoms with Gasteiger partial charge in [0.05, 0.1) is 12.2 Å². The van der Waals surface area contributed by atoms with Gasteiger partial charge in [0.2, 0.25) is 0 Å². The van der Waals surface area contributed by atoms with Crippen LogP contribution in [0.1, 0.15) is 26.7 Å². The maximum atomic E-state index is 12.1. The van der Waals surface area contributed by atoms with Crippen molar-refractivity contribution < 1.29 is 24.5 Å². The van der Waals surface area contributed by atoms with Gasteiger partial charge in [0.25, 0.3) is 0 Å². The van der Waals surface area contributed by atoms with Gasteiger partial charge in [-0.15, -0.1) is 35.3 Å². The summed E-state index contributed by atoms with van der Waals surface area (Å²) in [5.41, 5.74) is -1.03. The zero-order valence-corrected chi connectivity index (χ0v) is 16.6. The molecule has 0 bridgehead atoms. The van der Waals surface area contributed by atoms with Crippen LogP contribution in [0.15, 0.2) is 0 Å². The van der Waals surface area contributed by atoms with E-state index in [2.05, 4.69) is 0 Å². The first-order chi connectivity index (χ1) is 10.7. The summed E-state index contributed by atoms with van der Waals surface area (Å²) in [6.07, 6.45) is 6.60. The Morgan fingerprint density at radius 2 is 1.78 bits per heavy atom. The molecular formula is C15H26O5S3. The van der Waals surface area contributed by atoms with Crippen LogP contribution in [0.5, 0.6) is 0 Å². The van der Waals surface area contributed by atoms with Gasteiger partial charge in [-0.1, -0.05) is 6.92 Å². The van der Waals surface area contributed by atoms with Crippen molar-refractivity contribution in [3.63, 3.8) is 0 Å². The fourth-order valence-electron chi connectivity index (χ4n) is 3.57. The highest BCUT2D eigenvalue weighted by atomic mass is 32.3. The molecule has 1 rings (SSSR count). The second kappa shape index (κ2) is 8.36. The molecule has 23 heavy (non-hydrogen) atoms. The molecule has 4 unspecified atom stereocenters. The summed E-state index contributed by atoms with van der Waals surface area (Å²) >= 11 is 4.71. The van der Waals surface area contributed by atoms with Crippen LogP contribution >= 0.6 is 35.3 Å². The van der Waals surface area contributed by atoms with Gasteiger partial charge in [-0.3, -0.25) is 9.59 Å². The topological polar surface area (TPSA) is 83.8 Å². The monoisotopic (exact) mass is 382 g/mol. The van der Waals surface area contributed by atoms with Crippen LogP contribution in [0.25, 0.3) is 0 Å². The smallest absolute Gasteiger partial charge is 0.320 e. The van der Waals surface area contributed by atoms with Crippen molar-refractivity contribution in [3.8, 4) is 0 Å². The summed E-state index contributed by atoms with van der Waals surface area (Å²) in [6.45, 7) is 3.72. The molecule has 0 aromatic heterocycles. The zero-order valence-electron chi connectivity index (χ0n) is 14.2. The Bertz CT molecular complexity index is 433. The van der Waals surface area contributed by atoms with E-state index in [9.17, 15) is 19.8 Å². The number of aliphatic hydroxyl groups is 1. The number of carbonyl (C=O) groups excluding carboxylic acids is 1. The van der Waals surface area contributed by atoms with Crippen molar-refractivity contribution in [1.82, 2.24) is 0 Å². The molecule has 8 heteroatoms. The van der Waals surface area contributed by atoms with Crippen LogP contribution in [0, 0.1) is 17.8 Å². The van der Waals surface area contributed by atoms with Gasteiger partial charge in [0.15, 0.2) is 5.92 Å². The van der Waals surface area contributed by atoms with Gasteiger partial charge < -0.3 is 14.9 Å². The fraction of sp³-hybridized carbons (Fsp3) is 0.867. The van der Waals surface area contributed by atoms with E-state index in [1.54, 1.807) is 42.2 Å². The van der Waals surface area contributed by atoms with Gasteiger partial charge in [0.1, 0.15) is 3.41 Å². The summed E-state index contributed by atoms with van der Waals surface area (Å²) in [5.74, 6) is -3.60. The fourth-order valence-corrected chi connectivity index (χ4v) is 7.21. The summed E-state index contributed by atoms with van der Waals surface area (Å²) in [6, 6.07) is 0. The number of esters is 1. The Morgan fingerprint density at radius 1 is 1.26 bits per heavy atom. The molecule has 0 spiro atoms. The molecule has 0 heterocycles. The van der Waals surface area contributed by atoms with Gasteiger partial charge in [-0.25, -0.2) is 0 Å². The van der Waals surface area contributed by atoms with Crippen LogP contribution < -0.4 is 0 Å². The lowest BCUT2D eigenvalue weighted by atomic mass is 9.84. The Hall–Kier alpha value is -0.0500. The van der Waals surface area contributed by atoms with Crippen molar-refractivity contribution in [2.24, 2.45) is 17.8 Å². The first-order valence-electron chi connectivity index (χ1n) is 7.49. The minimum Gasteiger partial charge on any atom is -0.481 e. The second-order valence-electron chi connectivity index (χ2n) is 5.82. The molecule has 0 radical (unpaired) electrons. The van der Waals surface area contributed by atoms with Gasteiger partial charge in [0, 0.05) is 0 Å². The van der Waals surface area contributed by atoms with E-state index >= 15 is 0 Å². The second-order valence-corrected chi connectivity index (χ2v) is 9.65. The summed E-state index contributed by atoms with van der Waals surface area (Å²) in [4.78, 5) is 23.7. The molecule has 2 N–H and O–H groups in total. The van der Waals surface area contributed by atoms with E-state index in [0.717, 1.165) is 0 Å². The molecule has 1 fully saturated rings. The normalized spacial score (nSPS) is 29.3. The molecule has 1 aliphatic rings. The zero-order chi connectivity index (χ0) is 17.8. The number of ether oxygens (including phenoxy) is 1. The van der Waals surface area contributed by atoms with E-state index in [-0.39, 0.29) is 18.9 Å². The summed E-state index contributed by atoms with van der Waals surface area (Å²) in [7, 11) is 0. The van der Waals surface area contributed by atoms with Crippen LogP contribution in [-0.4, -0.2) is 56.5 Å². The lowest BCUT2D eigenvalue weighted by Crippen LogP contribution is -2.46. The van der Waals surface area contributed by atoms with Crippen molar-refractivity contribution in [1.29, 1.82) is 0 Å². The molecule has 4 atom stereocenters. The Kier molecular flexibility index (Phi) is 7.63. The molecule has 0 aromatic carbocycles. The van der Waals surface area contributed by atoms with Gasteiger partial charge in [-0.2, -0.15) is 0 Å². The highest BCUT2D eigenvalue weighted by Gasteiger charge is 2.58. The predicted octanol–water partition coefficient (Wildman–Crippen LogP) is 2.77. The minimum atomic E-state index is -1.22. The molecule has 1 aliphatic carbocycles. The summed E-state index contributed by atoms with van der Waals surface area (Å²) < 4.78 is 4.46. The van der Waals surface area contributed by atoms with Gasteiger partial charge >= 0.3 is 11.9 Å². The lowest BCUT2D eigenvalue weighted by Gasteiger charge is -2.42. The number of hydrogen-bond acceptors (Lipinski definition) is 7. The van der Waals surface area contributed by atoms with E-state index in [1.165, 1.54) is 0 Å². The molecular weight excluding hydrogens is 356 g/mol. The third-order valence-corrected chi connectivity index (χ3v) is 10.3. The Labute approximate surface area is 150 Å². The maximum Gasteiger partial charge on any atom is 0.320 e. The first kappa shape index (κ1) is 21.0. The molecule has 5 nitrogen and oxygen atoms in total. The number of thioether (sulfide) groups is 3. The molecule has 0 amide bonds. The number of carboxylic acids is 1. The largest absolute Gasteiger partial charge is 0.481 e. The maximum absolute atomic E-state index is 12.1. The third kappa shape index (κ3) is 3.96. The van der Waals surface area contributed by atoms with Crippen molar-refractivity contribution >= 4 is 47.2 Å². The SMILES string of the molecule is CCOC(=O)C(C(=O)O)C1CC(O)(C(SC)(SC)SC)CC1C. The number of rotatable bonds is 8. The van der Waals surface area contributed by atoms with Crippen molar-refractivity contribution in [2.45, 2.75) is 35.7 Å². The first-order valence-corrected chi connectivity index (χ1v) is 11.2. The molecule has 0 aliphatic heterocycles. The Morgan fingerprint density at radius 3 is 2.17 bits per heavy atom. The number of hydrogen-bond donors (Lipinski definition) is 2. The molecule has 1 saturated carbocycles. The van der Waals surface area contributed by atoms with Gasteiger partial charge in [-0.05, 0) is 50.4 Å². The van der Waals surface area contributed by atoms with Crippen molar-refractivity contribution in [3.05, 3.63) is 0 Å². The van der Waals surface area contributed by atoms with Crippen LogP contribution in [0.3, 0.4) is 0 Å². The molecule has 0 aromatic rings. The van der Waals surface area contributed by atoms with Crippen LogP contribution in [0.2, 0.25) is 0 Å². The minimum absolute atomic E-state index is 0.0728. The Balaban J connectivity index is 3.13. The third-order valence-electron chi connectivity index (χ3n) is 4.57. The molecule has 0 saturated heterocycles. The average molecular weight is 383 g/mol. The van der Waals surface area contributed by atoms with E-state index in [4.69, 9.17) is 4.74 Å². The number of aliphatic carboxylic acids is 1. The highest BCUT2D eigenvalue weighted by molar-refractivity contribution is 8.33. The average Bonchev–Trinajstić information content (AvgIpc) is 2.77. The molecule has 134 valence electrons. The lowest BCUT2D eigenvalue weighted by molar-refractivity contribution is -0.161. The highest BCUT2D eigenvalue weighted by Crippen LogP contribution is 2.60. The standard InChI is InChI=1S/C15H26O5S3/c1-6-20-13(18)11(12(16)17)10-8-14(19,7-9(10)2)15(21-3,22-4)23-5/h9-11,19H,6-8H2,1-5H3,(H,16,17). The number of carboxylic acid groups (broad SMARTS) is 1.